The van der Waals surface area contributed by atoms with Crippen LogP contribution in [0.25, 0.3) is 16.9 Å². The van der Waals surface area contributed by atoms with Gasteiger partial charge in [0.2, 0.25) is 0 Å². The van der Waals surface area contributed by atoms with E-state index < -0.39 is 0 Å². The Kier molecular flexibility index (Phi) is 7.35. The monoisotopic (exact) mass is 498 g/mol. The number of aryl methyl sites for hydroxylation is 2. The lowest BCUT2D eigenvalue weighted by Crippen LogP contribution is -2.56. The molecule has 1 N–H and O–H groups in total. The van der Waals surface area contributed by atoms with Crippen LogP contribution < -0.4 is 4.74 Å². The number of imidazole rings is 1. The van der Waals surface area contributed by atoms with Crippen LogP contribution in [0.1, 0.15) is 51.2 Å². The molecule has 0 spiro atoms. The predicted octanol–water partition coefficient (Wildman–Crippen LogP) is 4.81. The number of fused-ring (bicyclic) bond motifs is 1. The molecular weight excluding hydrogens is 464 g/mol. The van der Waals surface area contributed by atoms with Crippen LogP contribution in [0.2, 0.25) is 0 Å². The summed E-state index contributed by atoms with van der Waals surface area (Å²) in [5, 5.41) is 3.46. The molecule has 2 aromatic heterocycles. The van der Waals surface area contributed by atoms with Crippen molar-refractivity contribution in [2.24, 2.45) is 0 Å². The topological polar surface area (TPSA) is 61.7 Å². The summed E-state index contributed by atoms with van der Waals surface area (Å²) in [6, 6.07) is 6.97. The van der Waals surface area contributed by atoms with Gasteiger partial charge in [-0.3, -0.25) is 10.00 Å². The van der Waals surface area contributed by atoms with Crippen molar-refractivity contribution in [1.29, 1.82) is 0 Å². The van der Waals surface area contributed by atoms with Crippen LogP contribution in [0.4, 0.5) is 0 Å². The fourth-order valence-corrected chi connectivity index (χ4v) is 5.24. The summed E-state index contributed by atoms with van der Waals surface area (Å²) < 4.78 is 8.48. The van der Waals surface area contributed by atoms with Crippen molar-refractivity contribution < 1.29 is 4.74 Å². The average molecular weight is 499 g/mol. The molecule has 34 heavy (non-hydrogen) atoms. The number of hydrogen-bond donors (Lipinski definition) is 1. The molecule has 182 valence electrons. The van der Waals surface area contributed by atoms with Gasteiger partial charge in [-0.2, -0.15) is 0 Å². The second kappa shape index (κ2) is 10.1. The molecule has 1 aliphatic rings. The molecule has 0 radical (unpaired) electrons. The molecule has 1 aliphatic heterocycles. The highest BCUT2D eigenvalue weighted by molar-refractivity contribution is 7.80. The zero-order chi connectivity index (χ0) is 24.6. The van der Waals surface area contributed by atoms with Crippen molar-refractivity contribution in [3.05, 3.63) is 39.9 Å². The summed E-state index contributed by atoms with van der Waals surface area (Å²) in [4.78, 5) is 15.0. The van der Waals surface area contributed by atoms with E-state index in [2.05, 4.69) is 48.8 Å². The first-order valence-electron chi connectivity index (χ1n) is 12.0. The highest BCUT2D eigenvalue weighted by atomic mass is 32.1. The number of hydrogen-bond acceptors (Lipinski definition) is 6. The van der Waals surface area contributed by atoms with Gasteiger partial charge in [0, 0.05) is 37.2 Å². The maximum Gasteiger partial charge on any atom is 0.157 e. The molecule has 9 heteroatoms. The maximum absolute atomic E-state index is 5.97. The summed E-state index contributed by atoms with van der Waals surface area (Å²) in [6.45, 7) is 13.0. The minimum Gasteiger partial charge on any atom is -0.493 e. The molecule has 0 saturated carbocycles. The lowest BCUT2D eigenvalue weighted by molar-refractivity contribution is 0.100. The van der Waals surface area contributed by atoms with Crippen molar-refractivity contribution in [2.75, 3.05) is 26.7 Å². The molecule has 1 fully saturated rings. The van der Waals surface area contributed by atoms with E-state index in [4.69, 9.17) is 39.1 Å². The number of nitrogens with zero attached hydrogens (tertiary/aromatic N) is 5. The van der Waals surface area contributed by atoms with Gasteiger partial charge in [0.25, 0.3) is 0 Å². The van der Waals surface area contributed by atoms with Gasteiger partial charge in [0.1, 0.15) is 22.1 Å². The fraction of sp³-hybridized carbons (Fsp3) is 0.520. The Labute approximate surface area is 212 Å². The van der Waals surface area contributed by atoms with E-state index >= 15 is 0 Å². The van der Waals surface area contributed by atoms with E-state index in [1.165, 1.54) is 0 Å². The van der Waals surface area contributed by atoms with Crippen molar-refractivity contribution in [3.8, 4) is 17.1 Å². The normalized spacial score (nSPS) is 19.1. The minimum absolute atomic E-state index is 0.436. The first-order valence-corrected chi connectivity index (χ1v) is 12.8. The maximum atomic E-state index is 5.97. The number of benzene rings is 1. The third-order valence-corrected chi connectivity index (χ3v) is 7.44. The van der Waals surface area contributed by atoms with Gasteiger partial charge in [-0.05, 0) is 59.4 Å². The average Bonchev–Trinajstić information content (AvgIpc) is 3.13. The van der Waals surface area contributed by atoms with Gasteiger partial charge >= 0.3 is 0 Å². The Morgan fingerprint density at radius 3 is 2.53 bits per heavy atom. The standard InChI is InChI=1S/C25H34N6OS2/c1-7-9-21-26-17(5)22-24(33)27-23(28-31(21)22)19-12-18(10-11-20(19)32-8-2)25(34)30-13-15(3)29(6)16(4)14-30/h10-12,15-16H,7-9,13-14H2,1-6H3,(H,27,28,33)/t15-,16+. The van der Waals surface area contributed by atoms with Gasteiger partial charge in [0.15, 0.2) is 10.5 Å². The number of ether oxygens (including phenoxy) is 1. The highest BCUT2D eigenvalue weighted by Gasteiger charge is 2.28. The summed E-state index contributed by atoms with van der Waals surface area (Å²) in [5.74, 6) is 2.36. The molecule has 0 aliphatic carbocycles. The second-order valence-electron chi connectivity index (χ2n) is 9.14. The number of thiocarbonyl (C=S) groups is 1. The molecule has 1 aromatic carbocycles. The summed E-state index contributed by atoms with van der Waals surface area (Å²) in [6.07, 6.45) is 1.85. The van der Waals surface area contributed by atoms with Crippen LogP contribution in [0.3, 0.4) is 0 Å². The van der Waals surface area contributed by atoms with Crippen LogP contribution in [-0.2, 0) is 6.42 Å². The number of likely N-dealkylation sites (N-methyl/N-ethyl adjacent to an activating group) is 1. The SMILES string of the molecule is CCCc1nc(C)c2c(=S)nc(-c3cc(C(=S)N4C[C@@H](C)N(C)[C@@H](C)C4)ccc3OCC)[nH]n12. The summed E-state index contributed by atoms with van der Waals surface area (Å²) >= 11 is 11.7. The Bertz CT molecular complexity index is 1250. The van der Waals surface area contributed by atoms with E-state index in [0.717, 1.165) is 64.8 Å². The molecule has 0 unspecified atom stereocenters. The molecule has 0 bridgehead atoms. The van der Waals surface area contributed by atoms with E-state index in [9.17, 15) is 0 Å². The number of piperazine rings is 1. The Morgan fingerprint density at radius 2 is 1.88 bits per heavy atom. The number of rotatable bonds is 6. The summed E-state index contributed by atoms with van der Waals surface area (Å²) in [7, 11) is 2.18. The fourth-order valence-electron chi connectivity index (χ4n) is 4.64. The number of aromatic nitrogens is 4. The summed E-state index contributed by atoms with van der Waals surface area (Å²) in [5.41, 5.74) is 3.57. The number of nitrogens with one attached hydrogen (secondary N) is 1. The molecule has 3 heterocycles. The first kappa shape index (κ1) is 24.8. The van der Waals surface area contributed by atoms with Crippen LogP contribution in [0.15, 0.2) is 18.2 Å². The number of aromatic amines is 1. The number of H-pyrrole nitrogens is 1. The van der Waals surface area contributed by atoms with Gasteiger partial charge < -0.3 is 9.64 Å². The van der Waals surface area contributed by atoms with E-state index in [-0.39, 0.29) is 0 Å². The Balaban J connectivity index is 1.79. The van der Waals surface area contributed by atoms with Crippen molar-refractivity contribution in [2.45, 2.75) is 59.5 Å². The third-order valence-electron chi connectivity index (χ3n) is 6.66. The van der Waals surface area contributed by atoms with E-state index in [1.54, 1.807) is 0 Å². The van der Waals surface area contributed by atoms with Gasteiger partial charge in [-0.15, -0.1) is 0 Å². The van der Waals surface area contributed by atoms with E-state index in [1.807, 2.05) is 30.5 Å². The van der Waals surface area contributed by atoms with Crippen LogP contribution >= 0.6 is 24.4 Å². The zero-order valence-electron chi connectivity index (χ0n) is 20.9. The first-order chi connectivity index (χ1) is 16.2. The van der Waals surface area contributed by atoms with E-state index in [0.29, 0.717) is 29.2 Å². The molecular formula is C25H34N6OS2. The lowest BCUT2D eigenvalue weighted by atomic mass is 10.1. The molecule has 4 rings (SSSR count). The Hall–Kier alpha value is -2.36. The van der Waals surface area contributed by atoms with Crippen LogP contribution in [0.5, 0.6) is 5.75 Å². The van der Waals surface area contributed by atoms with Crippen molar-refractivity contribution >= 4 is 34.9 Å². The zero-order valence-corrected chi connectivity index (χ0v) is 22.5. The largest absolute Gasteiger partial charge is 0.493 e. The van der Waals surface area contributed by atoms with Gasteiger partial charge in [-0.1, -0.05) is 31.4 Å². The highest BCUT2D eigenvalue weighted by Crippen LogP contribution is 2.31. The van der Waals surface area contributed by atoms with Gasteiger partial charge in [-0.25, -0.2) is 14.5 Å². The quantitative estimate of drug-likeness (QED) is 0.489. The Morgan fingerprint density at radius 1 is 1.18 bits per heavy atom. The third kappa shape index (κ3) is 4.61. The van der Waals surface area contributed by atoms with Crippen LogP contribution in [-0.4, -0.2) is 73.2 Å². The molecule has 3 aromatic rings. The van der Waals surface area contributed by atoms with Crippen molar-refractivity contribution in [3.63, 3.8) is 0 Å². The lowest BCUT2D eigenvalue weighted by Gasteiger charge is -2.43. The molecule has 1 saturated heterocycles. The van der Waals surface area contributed by atoms with Crippen LogP contribution in [0, 0.1) is 11.6 Å². The molecule has 7 nitrogen and oxygen atoms in total. The molecule has 2 atom stereocenters. The minimum atomic E-state index is 0.436. The second-order valence-corrected chi connectivity index (χ2v) is 9.92. The molecule has 0 amide bonds. The van der Waals surface area contributed by atoms with Crippen molar-refractivity contribution in [1.82, 2.24) is 29.4 Å². The van der Waals surface area contributed by atoms with Gasteiger partial charge in [0.05, 0.1) is 17.9 Å². The predicted molar refractivity (Wildman–Crippen MR) is 143 cm³/mol. The smallest absolute Gasteiger partial charge is 0.157 e.